The summed E-state index contributed by atoms with van der Waals surface area (Å²) in [6.45, 7) is 0. The van der Waals surface area contributed by atoms with Crippen molar-refractivity contribution in [1.29, 1.82) is 0 Å². The van der Waals surface area contributed by atoms with Gasteiger partial charge in [-0.1, -0.05) is 6.07 Å². The predicted octanol–water partition coefficient (Wildman–Crippen LogP) is 2.42. The maximum Gasteiger partial charge on any atom is 0.310 e. The highest BCUT2D eigenvalue weighted by atomic mass is 35.5. The first-order valence-electron chi connectivity index (χ1n) is 4.18. The van der Waals surface area contributed by atoms with Gasteiger partial charge >= 0.3 is 5.97 Å². The smallest absolute Gasteiger partial charge is 0.310 e. The summed E-state index contributed by atoms with van der Waals surface area (Å²) in [4.78, 5) is 10.9. The van der Waals surface area contributed by atoms with Gasteiger partial charge in [-0.3, -0.25) is 4.79 Å². The third-order valence-corrected chi connectivity index (χ3v) is 2.25. The van der Waals surface area contributed by atoms with Gasteiger partial charge in [0.1, 0.15) is 11.6 Å². The molecule has 0 spiro atoms. The molecule has 0 fully saturated rings. The van der Waals surface area contributed by atoms with Crippen molar-refractivity contribution in [1.82, 2.24) is 0 Å². The summed E-state index contributed by atoms with van der Waals surface area (Å²) in [5.74, 6) is -2.32. The Balaban J connectivity index is 3.09. The molecule has 0 amide bonds. The van der Waals surface area contributed by atoms with Crippen LogP contribution < -0.4 is 0 Å². The van der Waals surface area contributed by atoms with Crippen LogP contribution in [-0.4, -0.2) is 13.1 Å². The van der Waals surface area contributed by atoms with Gasteiger partial charge in [0.2, 0.25) is 0 Å². The molecule has 0 unspecified atom stereocenters. The fraction of sp³-hybridized carbons (Fsp3) is 0.300. The van der Waals surface area contributed by atoms with Crippen LogP contribution in [0.15, 0.2) is 12.1 Å². The van der Waals surface area contributed by atoms with Gasteiger partial charge in [-0.25, -0.2) is 8.78 Å². The van der Waals surface area contributed by atoms with Crippen molar-refractivity contribution in [2.75, 3.05) is 7.11 Å². The number of carbonyl (C=O) groups excluding carboxylic acids is 1. The Bertz CT molecular complexity index is 380. The molecule has 0 saturated carbocycles. The standard InChI is InChI=1S/C10H9ClF2O2/c1-15-9(14)4-7-8(12)3-2-6(5-11)10(7)13/h2-3H,4-5H2,1H3. The monoisotopic (exact) mass is 234 g/mol. The highest BCUT2D eigenvalue weighted by Gasteiger charge is 2.16. The Hall–Kier alpha value is -1.16. The lowest BCUT2D eigenvalue weighted by molar-refractivity contribution is -0.139. The first-order valence-corrected chi connectivity index (χ1v) is 4.72. The Kier molecular flexibility index (Phi) is 4.03. The minimum atomic E-state index is -0.782. The number of ether oxygens (including phenoxy) is 1. The number of benzene rings is 1. The van der Waals surface area contributed by atoms with Crippen molar-refractivity contribution in [3.8, 4) is 0 Å². The summed E-state index contributed by atoms with van der Waals surface area (Å²) in [5, 5.41) is 0. The van der Waals surface area contributed by atoms with Crippen LogP contribution in [0.3, 0.4) is 0 Å². The van der Waals surface area contributed by atoms with Crippen LogP contribution in [0.2, 0.25) is 0 Å². The zero-order valence-electron chi connectivity index (χ0n) is 8.02. The van der Waals surface area contributed by atoms with Gasteiger partial charge in [-0.15, -0.1) is 11.6 Å². The number of hydrogen-bond donors (Lipinski definition) is 0. The number of alkyl halides is 1. The Labute approximate surface area is 90.8 Å². The molecule has 0 aliphatic rings. The van der Waals surface area contributed by atoms with Crippen molar-refractivity contribution in [2.45, 2.75) is 12.3 Å². The van der Waals surface area contributed by atoms with Crippen LogP contribution in [0, 0.1) is 11.6 Å². The van der Waals surface area contributed by atoms with E-state index in [2.05, 4.69) is 4.74 Å². The second kappa shape index (κ2) is 5.07. The fourth-order valence-corrected chi connectivity index (χ4v) is 1.33. The summed E-state index contributed by atoms with van der Waals surface area (Å²) in [7, 11) is 1.16. The normalized spacial score (nSPS) is 10.1. The Morgan fingerprint density at radius 1 is 1.47 bits per heavy atom. The topological polar surface area (TPSA) is 26.3 Å². The number of hydrogen-bond acceptors (Lipinski definition) is 2. The Morgan fingerprint density at radius 3 is 2.67 bits per heavy atom. The molecular formula is C10H9ClF2O2. The van der Waals surface area contributed by atoms with Gasteiger partial charge in [-0.2, -0.15) is 0 Å². The highest BCUT2D eigenvalue weighted by molar-refractivity contribution is 6.17. The third-order valence-electron chi connectivity index (χ3n) is 1.96. The average molecular weight is 235 g/mol. The molecule has 0 aliphatic carbocycles. The SMILES string of the molecule is COC(=O)Cc1c(F)ccc(CCl)c1F. The molecule has 0 radical (unpaired) electrons. The highest BCUT2D eigenvalue weighted by Crippen LogP contribution is 2.19. The van der Waals surface area contributed by atoms with Crippen molar-refractivity contribution < 1.29 is 18.3 Å². The maximum atomic E-state index is 13.5. The first kappa shape index (κ1) is 11.9. The third kappa shape index (κ3) is 2.65. The van der Waals surface area contributed by atoms with Crippen LogP contribution in [-0.2, 0) is 21.8 Å². The molecule has 2 nitrogen and oxygen atoms in total. The van der Waals surface area contributed by atoms with Crippen molar-refractivity contribution in [3.05, 3.63) is 34.9 Å². The Morgan fingerprint density at radius 2 is 2.13 bits per heavy atom. The van der Waals surface area contributed by atoms with E-state index in [-0.39, 0.29) is 17.0 Å². The molecule has 82 valence electrons. The molecule has 1 rings (SSSR count). The van der Waals surface area contributed by atoms with E-state index >= 15 is 0 Å². The summed E-state index contributed by atoms with van der Waals surface area (Å²) < 4.78 is 31.0. The molecule has 15 heavy (non-hydrogen) atoms. The van der Waals surface area contributed by atoms with E-state index in [1.807, 2.05) is 0 Å². The lowest BCUT2D eigenvalue weighted by Gasteiger charge is -2.06. The van der Waals surface area contributed by atoms with Crippen LogP contribution in [0.25, 0.3) is 0 Å². The molecule has 0 saturated heterocycles. The van der Waals surface area contributed by atoms with E-state index in [0.29, 0.717) is 0 Å². The maximum absolute atomic E-state index is 13.5. The molecule has 0 N–H and O–H groups in total. The number of esters is 1. The first-order chi connectivity index (χ1) is 7.10. The second-order valence-corrected chi connectivity index (χ2v) is 3.15. The fourth-order valence-electron chi connectivity index (χ4n) is 1.13. The summed E-state index contributed by atoms with van der Waals surface area (Å²) >= 11 is 5.45. The van der Waals surface area contributed by atoms with Gasteiger partial charge in [0.25, 0.3) is 0 Å². The summed E-state index contributed by atoms with van der Waals surface area (Å²) in [6.07, 6.45) is -0.432. The van der Waals surface area contributed by atoms with E-state index < -0.39 is 24.0 Å². The van der Waals surface area contributed by atoms with Gasteiger partial charge in [-0.05, 0) is 6.07 Å². The van der Waals surface area contributed by atoms with Crippen molar-refractivity contribution >= 4 is 17.6 Å². The molecular weight excluding hydrogens is 226 g/mol. The quantitative estimate of drug-likeness (QED) is 0.593. The van der Waals surface area contributed by atoms with E-state index in [1.54, 1.807) is 0 Å². The predicted molar refractivity (Wildman–Crippen MR) is 51.6 cm³/mol. The molecule has 0 heterocycles. The number of rotatable bonds is 3. The molecule has 1 aromatic carbocycles. The molecule has 0 aromatic heterocycles. The van der Waals surface area contributed by atoms with Crippen molar-refractivity contribution in [2.24, 2.45) is 0 Å². The van der Waals surface area contributed by atoms with E-state index in [4.69, 9.17) is 11.6 Å². The molecule has 0 aliphatic heterocycles. The molecule has 0 bridgehead atoms. The van der Waals surface area contributed by atoms with E-state index in [1.165, 1.54) is 6.07 Å². The summed E-state index contributed by atoms with van der Waals surface area (Å²) in [5.41, 5.74) is -0.142. The lowest BCUT2D eigenvalue weighted by atomic mass is 10.1. The minimum absolute atomic E-state index is 0.0692. The second-order valence-electron chi connectivity index (χ2n) is 2.89. The molecule has 1 aromatic rings. The van der Waals surface area contributed by atoms with Crippen LogP contribution in [0.5, 0.6) is 0 Å². The van der Waals surface area contributed by atoms with Gasteiger partial charge < -0.3 is 4.74 Å². The average Bonchev–Trinajstić information content (AvgIpc) is 2.24. The minimum Gasteiger partial charge on any atom is -0.469 e. The lowest BCUT2D eigenvalue weighted by Crippen LogP contribution is -2.09. The molecule has 5 heteroatoms. The van der Waals surface area contributed by atoms with E-state index in [0.717, 1.165) is 13.2 Å². The van der Waals surface area contributed by atoms with Gasteiger partial charge in [0.15, 0.2) is 0 Å². The zero-order valence-corrected chi connectivity index (χ0v) is 8.78. The van der Waals surface area contributed by atoms with Crippen molar-refractivity contribution in [3.63, 3.8) is 0 Å². The summed E-state index contributed by atoms with van der Waals surface area (Å²) in [6, 6.07) is 2.33. The van der Waals surface area contributed by atoms with Crippen LogP contribution in [0.4, 0.5) is 8.78 Å². The number of methoxy groups -OCH3 is 1. The molecule has 0 atom stereocenters. The zero-order chi connectivity index (χ0) is 11.4. The van der Waals surface area contributed by atoms with Crippen LogP contribution >= 0.6 is 11.6 Å². The van der Waals surface area contributed by atoms with Gasteiger partial charge in [0, 0.05) is 11.1 Å². The van der Waals surface area contributed by atoms with Gasteiger partial charge in [0.05, 0.1) is 19.4 Å². The largest absolute Gasteiger partial charge is 0.469 e. The number of carbonyl (C=O) groups is 1. The van der Waals surface area contributed by atoms with E-state index in [9.17, 15) is 13.6 Å². The van der Waals surface area contributed by atoms with Crippen LogP contribution in [0.1, 0.15) is 11.1 Å². The number of halogens is 3.